The van der Waals surface area contributed by atoms with E-state index in [1.165, 1.54) is 4.90 Å². The number of carbonyl (C=O) groups excluding carboxylic acids is 1. The lowest BCUT2D eigenvalue weighted by molar-refractivity contribution is -0.144. The molecule has 0 aliphatic heterocycles. The van der Waals surface area contributed by atoms with Gasteiger partial charge in [-0.2, -0.15) is 0 Å². The van der Waals surface area contributed by atoms with E-state index in [9.17, 15) is 14.7 Å². The molecule has 1 unspecified atom stereocenters. The average molecular weight is 298 g/mol. The Balaban J connectivity index is 2.81. The summed E-state index contributed by atoms with van der Waals surface area (Å²) in [6, 6.07) is 3.44. The van der Waals surface area contributed by atoms with E-state index in [1.807, 2.05) is 24.4 Å². The van der Waals surface area contributed by atoms with E-state index in [0.717, 1.165) is 4.88 Å². The molecule has 5 nitrogen and oxygen atoms in total. The van der Waals surface area contributed by atoms with Crippen molar-refractivity contribution in [2.45, 2.75) is 45.2 Å². The summed E-state index contributed by atoms with van der Waals surface area (Å²) in [6.07, 6.45) is 0.706. The largest absolute Gasteiger partial charge is 0.480 e. The molecule has 20 heavy (non-hydrogen) atoms. The zero-order valence-electron chi connectivity index (χ0n) is 12.3. The van der Waals surface area contributed by atoms with E-state index in [2.05, 4.69) is 5.32 Å². The normalized spacial score (nSPS) is 12.8. The lowest BCUT2D eigenvalue weighted by Gasteiger charge is -2.32. The predicted molar refractivity (Wildman–Crippen MR) is 80.0 cm³/mol. The second kappa shape index (κ2) is 6.74. The molecule has 1 atom stereocenters. The van der Waals surface area contributed by atoms with Crippen molar-refractivity contribution in [3.05, 3.63) is 22.4 Å². The first-order valence-electron chi connectivity index (χ1n) is 6.69. The molecule has 2 amide bonds. The third kappa shape index (κ3) is 3.30. The standard InChI is InChI=1S/C14H22N2O3S/c1-5-14(6-2,12(17)18)15-13(19)16(4)10(3)11-8-7-9-20-11/h7-10H,5-6H2,1-4H3,(H,15,19)(H,17,18). The topological polar surface area (TPSA) is 69.6 Å². The molecule has 1 rings (SSSR count). The van der Waals surface area contributed by atoms with Gasteiger partial charge in [-0.3, -0.25) is 0 Å². The first-order valence-corrected chi connectivity index (χ1v) is 7.57. The van der Waals surface area contributed by atoms with Gasteiger partial charge in [0.1, 0.15) is 5.54 Å². The van der Waals surface area contributed by atoms with Crippen LogP contribution in [0.1, 0.15) is 44.5 Å². The van der Waals surface area contributed by atoms with Gasteiger partial charge < -0.3 is 15.3 Å². The van der Waals surface area contributed by atoms with Crippen molar-refractivity contribution in [1.82, 2.24) is 10.2 Å². The molecule has 0 radical (unpaired) electrons. The van der Waals surface area contributed by atoms with E-state index >= 15 is 0 Å². The summed E-state index contributed by atoms with van der Waals surface area (Å²) in [5.74, 6) is -0.993. The van der Waals surface area contributed by atoms with Crippen LogP contribution >= 0.6 is 11.3 Å². The van der Waals surface area contributed by atoms with Gasteiger partial charge in [-0.1, -0.05) is 19.9 Å². The first-order chi connectivity index (χ1) is 9.38. The molecular formula is C14H22N2O3S. The summed E-state index contributed by atoms with van der Waals surface area (Å²) in [4.78, 5) is 26.3. The number of nitrogens with one attached hydrogen (secondary N) is 1. The van der Waals surface area contributed by atoms with Crippen molar-refractivity contribution in [3.63, 3.8) is 0 Å². The molecule has 0 saturated heterocycles. The average Bonchev–Trinajstić information content (AvgIpc) is 2.96. The molecule has 1 heterocycles. The summed E-state index contributed by atoms with van der Waals surface area (Å²) in [5.41, 5.74) is -1.19. The van der Waals surface area contributed by atoms with Crippen LogP contribution in [-0.2, 0) is 4.79 Å². The Hall–Kier alpha value is -1.56. The smallest absolute Gasteiger partial charge is 0.329 e. The summed E-state index contributed by atoms with van der Waals surface area (Å²) >= 11 is 1.57. The number of carboxylic acids is 1. The van der Waals surface area contributed by atoms with Gasteiger partial charge in [0.05, 0.1) is 6.04 Å². The van der Waals surface area contributed by atoms with Crippen molar-refractivity contribution in [2.24, 2.45) is 0 Å². The maximum Gasteiger partial charge on any atom is 0.329 e. The number of carboxylic acid groups (broad SMARTS) is 1. The second-order valence-corrected chi connectivity index (χ2v) is 5.81. The Bertz CT molecular complexity index is 455. The fourth-order valence-electron chi connectivity index (χ4n) is 1.97. The van der Waals surface area contributed by atoms with Gasteiger partial charge in [-0.15, -0.1) is 11.3 Å². The molecule has 0 aliphatic carbocycles. The van der Waals surface area contributed by atoms with E-state index in [0.29, 0.717) is 12.8 Å². The highest BCUT2D eigenvalue weighted by molar-refractivity contribution is 7.10. The van der Waals surface area contributed by atoms with Crippen LogP contribution in [0.2, 0.25) is 0 Å². The van der Waals surface area contributed by atoms with Crippen LogP contribution in [0.3, 0.4) is 0 Å². The van der Waals surface area contributed by atoms with Crippen molar-refractivity contribution >= 4 is 23.3 Å². The molecule has 0 aromatic carbocycles. The summed E-state index contributed by atoms with van der Waals surface area (Å²) in [7, 11) is 1.68. The van der Waals surface area contributed by atoms with Gasteiger partial charge in [-0.05, 0) is 31.2 Å². The van der Waals surface area contributed by atoms with Crippen LogP contribution in [0.5, 0.6) is 0 Å². The number of amides is 2. The number of carbonyl (C=O) groups is 2. The minimum absolute atomic E-state index is 0.0878. The number of nitrogens with zero attached hydrogens (tertiary/aromatic N) is 1. The monoisotopic (exact) mass is 298 g/mol. The van der Waals surface area contributed by atoms with Crippen molar-refractivity contribution in [2.75, 3.05) is 7.05 Å². The Kier molecular flexibility index (Phi) is 5.56. The van der Waals surface area contributed by atoms with E-state index in [1.54, 1.807) is 32.2 Å². The molecule has 0 bridgehead atoms. The highest BCUT2D eigenvalue weighted by atomic mass is 32.1. The number of hydrogen-bond acceptors (Lipinski definition) is 3. The predicted octanol–water partition coefficient (Wildman–Crippen LogP) is 3.09. The molecule has 112 valence electrons. The van der Waals surface area contributed by atoms with Gasteiger partial charge in [0.25, 0.3) is 0 Å². The Labute approximate surface area is 123 Å². The maximum absolute atomic E-state index is 12.3. The van der Waals surface area contributed by atoms with Gasteiger partial charge in [-0.25, -0.2) is 9.59 Å². The summed E-state index contributed by atoms with van der Waals surface area (Å²) < 4.78 is 0. The molecule has 6 heteroatoms. The number of aliphatic carboxylic acids is 1. The van der Waals surface area contributed by atoms with Crippen molar-refractivity contribution < 1.29 is 14.7 Å². The molecule has 1 aromatic rings. The summed E-state index contributed by atoms with van der Waals surface area (Å²) in [5, 5.41) is 14.0. The van der Waals surface area contributed by atoms with Gasteiger partial charge in [0.2, 0.25) is 0 Å². The number of rotatable bonds is 6. The van der Waals surface area contributed by atoms with Crippen LogP contribution in [0, 0.1) is 0 Å². The van der Waals surface area contributed by atoms with Crippen molar-refractivity contribution in [1.29, 1.82) is 0 Å². The molecule has 0 spiro atoms. The molecule has 0 saturated carbocycles. The van der Waals surface area contributed by atoms with Crippen LogP contribution in [0.4, 0.5) is 4.79 Å². The molecule has 1 aromatic heterocycles. The fraction of sp³-hybridized carbons (Fsp3) is 0.571. The summed E-state index contributed by atoms with van der Waals surface area (Å²) in [6.45, 7) is 5.45. The van der Waals surface area contributed by atoms with Crippen LogP contribution in [0.15, 0.2) is 17.5 Å². The Morgan fingerprint density at radius 3 is 2.45 bits per heavy atom. The molecule has 2 N–H and O–H groups in total. The minimum Gasteiger partial charge on any atom is -0.480 e. The van der Waals surface area contributed by atoms with E-state index in [-0.39, 0.29) is 12.1 Å². The lowest BCUT2D eigenvalue weighted by Crippen LogP contribution is -2.56. The van der Waals surface area contributed by atoms with Gasteiger partial charge in [0, 0.05) is 11.9 Å². The van der Waals surface area contributed by atoms with Crippen LogP contribution in [0.25, 0.3) is 0 Å². The second-order valence-electron chi connectivity index (χ2n) is 4.83. The number of urea groups is 1. The maximum atomic E-state index is 12.3. The lowest BCUT2D eigenvalue weighted by atomic mass is 9.93. The van der Waals surface area contributed by atoms with Gasteiger partial charge >= 0.3 is 12.0 Å². The third-order valence-electron chi connectivity index (χ3n) is 3.82. The quantitative estimate of drug-likeness (QED) is 0.848. The van der Waals surface area contributed by atoms with E-state index in [4.69, 9.17) is 0 Å². The minimum atomic E-state index is -1.19. The SMILES string of the molecule is CCC(CC)(NC(=O)N(C)C(C)c1cccs1)C(=O)O. The third-order valence-corrected chi connectivity index (χ3v) is 4.86. The van der Waals surface area contributed by atoms with Gasteiger partial charge in [0.15, 0.2) is 0 Å². The van der Waals surface area contributed by atoms with Crippen LogP contribution < -0.4 is 5.32 Å². The fourth-order valence-corrected chi connectivity index (χ4v) is 2.80. The van der Waals surface area contributed by atoms with Crippen molar-refractivity contribution in [3.8, 4) is 0 Å². The number of hydrogen-bond donors (Lipinski definition) is 2. The highest BCUT2D eigenvalue weighted by Crippen LogP contribution is 2.24. The van der Waals surface area contributed by atoms with Crippen LogP contribution in [-0.4, -0.2) is 34.6 Å². The highest BCUT2D eigenvalue weighted by Gasteiger charge is 2.37. The van der Waals surface area contributed by atoms with E-state index < -0.39 is 11.5 Å². The molecular weight excluding hydrogens is 276 g/mol. The Morgan fingerprint density at radius 1 is 1.45 bits per heavy atom. The molecule has 0 aliphatic rings. The number of thiophene rings is 1. The molecule has 0 fully saturated rings. The first kappa shape index (κ1) is 16.5. The zero-order chi connectivity index (χ0) is 15.3. The Morgan fingerprint density at radius 2 is 2.05 bits per heavy atom. The zero-order valence-corrected chi connectivity index (χ0v) is 13.2.